The van der Waals surface area contributed by atoms with E-state index < -0.39 is 0 Å². The first-order valence-electron chi connectivity index (χ1n) is 6.84. The van der Waals surface area contributed by atoms with E-state index in [1.807, 2.05) is 49.4 Å². The molecule has 0 atom stereocenters. The summed E-state index contributed by atoms with van der Waals surface area (Å²) in [6.45, 7) is 2.42. The number of hydrogen-bond donors (Lipinski definition) is 1. The van der Waals surface area contributed by atoms with Gasteiger partial charge in [-0.15, -0.1) is 0 Å². The Morgan fingerprint density at radius 1 is 1.14 bits per heavy atom. The third kappa shape index (κ3) is 3.75. The van der Waals surface area contributed by atoms with Crippen LogP contribution in [-0.2, 0) is 6.61 Å². The highest BCUT2D eigenvalue weighted by atomic mass is 16.5. The molecule has 1 N–H and O–H groups in total. The van der Waals surface area contributed by atoms with E-state index in [0.29, 0.717) is 30.2 Å². The fraction of sp³-hybridized carbons (Fsp3) is 0.235. The highest BCUT2D eigenvalue weighted by Crippen LogP contribution is 2.26. The number of hydrogen-bond acceptors (Lipinski definition) is 4. The van der Waals surface area contributed by atoms with Gasteiger partial charge >= 0.3 is 0 Å². The lowest BCUT2D eigenvalue weighted by Gasteiger charge is -2.12. The van der Waals surface area contributed by atoms with Crippen LogP contribution < -0.4 is 9.47 Å². The summed E-state index contributed by atoms with van der Waals surface area (Å²) in [7, 11) is 1.59. The Labute approximate surface area is 124 Å². The van der Waals surface area contributed by atoms with E-state index in [2.05, 4.69) is 5.16 Å². The van der Waals surface area contributed by atoms with E-state index in [1.54, 1.807) is 13.2 Å². The Balaban J connectivity index is 2.15. The number of methoxy groups -OCH3 is 1. The maximum atomic E-state index is 9.02. The number of rotatable bonds is 6. The van der Waals surface area contributed by atoms with Gasteiger partial charge in [0.25, 0.3) is 0 Å². The van der Waals surface area contributed by atoms with Gasteiger partial charge in [0.15, 0.2) is 0 Å². The highest BCUT2D eigenvalue weighted by molar-refractivity contribution is 6.02. The fourth-order valence-corrected chi connectivity index (χ4v) is 2.06. The quantitative estimate of drug-likeness (QED) is 0.498. The molecule has 0 aliphatic rings. The van der Waals surface area contributed by atoms with Crippen LogP contribution in [-0.4, -0.2) is 18.0 Å². The topological polar surface area (TPSA) is 51.1 Å². The predicted octanol–water partition coefficient (Wildman–Crippen LogP) is 3.86. The van der Waals surface area contributed by atoms with Crippen molar-refractivity contribution in [1.82, 2.24) is 0 Å². The number of oxime groups is 1. The Hall–Kier alpha value is -2.49. The van der Waals surface area contributed by atoms with Crippen molar-refractivity contribution in [3.05, 3.63) is 59.7 Å². The molecule has 0 saturated carbocycles. The summed E-state index contributed by atoms with van der Waals surface area (Å²) in [6.07, 6.45) is 0.622. The Kier molecular flexibility index (Phi) is 5.21. The minimum absolute atomic E-state index is 0.498. The summed E-state index contributed by atoms with van der Waals surface area (Å²) in [4.78, 5) is 0. The molecule has 4 heteroatoms. The van der Waals surface area contributed by atoms with Gasteiger partial charge < -0.3 is 14.7 Å². The fourth-order valence-electron chi connectivity index (χ4n) is 2.06. The first kappa shape index (κ1) is 14.9. The zero-order valence-electron chi connectivity index (χ0n) is 12.2. The molecule has 4 nitrogen and oxygen atoms in total. The van der Waals surface area contributed by atoms with Gasteiger partial charge in [-0.2, -0.15) is 0 Å². The van der Waals surface area contributed by atoms with Crippen molar-refractivity contribution in [1.29, 1.82) is 0 Å². The first-order chi connectivity index (χ1) is 10.3. The molecule has 0 heterocycles. The molecular formula is C17H19NO3. The summed E-state index contributed by atoms with van der Waals surface area (Å²) >= 11 is 0. The minimum atomic E-state index is 0.498. The third-order valence-electron chi connectivity index (χ3n) is 3.19. The molecule has 0 aliphatic heterocycles. The van der Waals surface area contributed by atoms with Crippen LogP contribution >= 0.6 is 0 Å². The summed E-state index contributed by atoms with van der Waals surface area (Å²) in [5.41, 5.74) is 2.46. The first-order valence-corrected chi connectivity index (χ1v) is 6.84. The van der Waals surface area contributed by atoms with Crippen molar-refractivity contribution in [2.24, 2.45) is 5.16 Å². The van der Waals surface area contributed by atoms with Crippen molar-refractivity contribution >= 4 is 5.71 Å². The number of nitrogens with zero attached hydrogens (tertiary/aromatic N) is 1. The average molecular weight is 285 g/mol. The smallest absolute Gasteiger partial charge is 0.131 e. The number of benzene rings is 2. The standard InChI is InChI=1S/C17H19NO3/c1-3-16(18-19)15-10-9-14(11-17(15)20-2)21-12-13-7-5-4-6-8-13/h4-11,19H,3,12H2,1-2H3. The van der Waals surface area contributed by atoms with Crippen LogP contribution in [0.15, 0.2) is 53.7 Å². The second-order valence-corrected chi connectivity index (χ2v) is 4.54. The Morgan fingerprint density at radius 3 is 2.52 bits per heavy atom. The van der Waals surface area contributed by atoms with Crippen molar-refractivity contribution in [3.63, 3.8) is 0 Å². The van der Waals surface area contributed by atoms with Crippen molar-refractivity contribution in [2.75, 3.05) is 7.11 Å². The second kappa shape index (κ2) is 7.33. The SMILES string of the molecule is CCC(=NO)c1ccc(OCc2ccccc2)cc1OC. The van der Waals surface area contributed by atoms with Gasteiger partial charge in [-0.05, 0) is 24.1 Å². The van der Waals surface area contributed by atoms with Gasteiger partial charge in [-0.25, -0.2) is 0 Å². The van der Waals surface area contributed by atoms with E-state index in [-0.39, 0.29) is 0 Å². The largest absolute Gasteiger partial charge is 0.496 e. The molecule has 0 aromatic heterocycles. The van der Waals surface area contributed by atoms with Crippen LogP contribution in [0.1, 0.15) is 24.5 Å². The van der Waals surface area contributed by atoms with Crippen molar-refractivity contribution in [3.8, 4) is 11.5 Å². The lowest BCUT2D eigenvalue weighted by atomic mass is 10.1. The summed E-state index contributed by atoms with van der Waals surface area (Å²) in [5.74, 6) is 1.35. The van der Waals surface area contributed by atoms with Crippen LogP contribution in [0.25, 0.3) is 0 Å². The van der Waals surface area contributed by atoms with E-state index in [0.717, 1.165) is 11.1 Å². The second-order valence-electron chi connectivity index (χ2n) is 4.54. The highest BCUT2D eigenvalue weighted by Gasteiger charge is 2.10. The molecule has 2 aromatic carbocycles. The van der Waals surface area contributed by atoms with E-state index in [9.17, 15) is 0 Å². The maximum absolute atomic E-state index is 9.02. The molecule has 0 saturated heterocycles. The van der Waals surface area contributed by atoms with E-state index in [4.69, 9.17) is 14.7 Å². The van der Waals surface area contributed by atoms with Crippen LogP contribution in [0, 0.1) is 0 Å². The molecule has 2 rings (SSSR count). The summed E-state index contributed by atoms with van der Waals surface area (Å²) < 4.78 is 11.1. The molecule has 0 aliphatic carbocycles. The molecule has 0 amide bonds. The Morgan fingerprint density at radius 2 is 1.90 bits per heavy atom. The molecule has 110 valence electrons. The van der Waals surface area contributed by atoms with Crippen molar-refractivity contribution in [2.45, 2.75) is 20.0 Å². The molecule has 0 fully saturated rings. The van der Waals surface area contributed by atoms with Gasteiger partial charge in [0.05, 0.1) is 12.8 Å². The zero-order chi connectivity index (χ0) is 15.1. The van der Waals surface area contributed by atoms with Crippen LogP contribution in [0.5, 0.6) is 11.5 Å². The van der Waals surface area contributed by atoms with Gasteiger partial charge in [-0.1, -0.05) is 42.4 Å². The van der Waals surface area contributed by atoms with Gasteiger partial charge in [0.1, 0.15) is 18.1 Å². The van der Waals surface area contributed by atoms with Crippen LogP contribution in [0.4, 0.5) is 0 Å². The van der Waals surface area contributed by atoms with Crippen LogP contribution in [0.3, 0.4) is 0 Å². The zero-order valence-corrected chi connectivity index (χ0v) is 12.2. The summed E-state index contributed by atoms with van der Waals surface area (Å²) in [5, 5.41) is 12.3. The molecule has 0 unspecified atom stereocenters. The minimum Gasteiger partial charge on any atom is -0.496 e. The van der Waals surface area contributed by atoms with Gasteiger partial charge in [0.2, 0.25) is 0 Å². The molecule has 2 aromatic rings. The number of ether oxygens (including phenoxy) is 2. The lowest BCUT2D eigenvalue weighted by Crippen LogP contribution is -2.03. The predicted molar refractivity (Wildman–Crippen MR) is 82.4 cm³/mol. The molecular weight excluding hydrogens is 266 g/mol. The average Bonchev–Trinajstić information content (AvgIpc) is 2.55. The monoisotopic (exact) mass is 285 g/mol. The van der Waals surface area contributed by atoms with Gasteiger partial charge in [0, 0.05) is 11.6 Å². The lowest BCUT2D eigenvalue weighted by molar-refractivity contribution is 0.303. The van der Waals surface area contributed by atoms with E-state index in [1.165, 1.54) is 0 Å². The normalized spacial score (nSPS) is 11.2. The molecule has 0 spiro atoms. The maximum Gasteiger partial charge on any atom is 0.131 e. The van der Waals surface area contributed by atoms with Gasteiger partial charge in [-0.3, -0.25) is 0 Å². The Bertz CT molecular complexity index is 609. The summed E-state index contributed by atoms with van der Waals surface area (Å²) in [6, 6.07) is 15.5. The molecule has 0 bridgehead atoms. The molecule has 21 heavy (non-hydrogen) atoms. The van der Waals surface area contributed by atoms with E-state index >= 15 is 0 Å². The van der Waals surface area contributed by atoms with Crippen molar-refractivity contribution < 1.29 is 14.7 Å². The molecule has 0 radical (unpaired) electrons. The third-order valence-corrected chi connectivity index (χ3v) is 3.19. The van der Waals surface area contributed by atoms with Crippen LogP contribution in [0.2, 0.25) is 0 Å².